The summed E-state index contributed by atoms with van der Waals surface area (Å²) in [4.78, 5) is 12.1. The average molecular weight is 435 g/mol. The van der Waals surface area contributed by atoms with E-state index in [-0.39, 0.29) is 34.6 Å². The summed E-state index contributed by atoms with van der Waals surface area (Å²) in [6.45, 7) is 0.147. The quantitative estimate of drug-likeness (QED) is 0.363. The van der Waals surface area contributed by atoms with Gasteiger partial charge in [-0.1, -0.05) is 23.6 Å². The summed E-state index contributed by atoms with van der Waals surface area (Å²) < 4.78 is 14.2. The van der Waals surface area contributed by atoms with Gasteiger partial charge in [0.2, 0.25) is 0 Å². The van der Waals surface area contributed by atoms with Crippen molar-refractivity contribution in [3.8, 4) is 29.5 Å². The summed E-state index contributed by atoms with van der Waals surface area (Å²) in [5, 5.41) is 21.1. The van der Waals surface area contributed by atoms with Crippen LogP contribution in [0.3, 0.4) is 0 Å². The summed E-state index contributed by atoms with van der Waals surface area (Å²) in [5.74, 6) is 2.34. The fraction of sp³-hybridized carbons (Fsp3) is 0.0909. The highest BCUT2D eigenvalue weighted by Gasteiger charge is 2.14. The number of halogens is 2. The molecule has 0 bridgehead atoms. The molecule has 1 aromatic carbocycles. The first kappa shape index (κ1) is 21.7. The zero-order chi connectivity index (χ0) is 22.5. The molecule has 0 aliphatic rings. The molecule has 154 valence electrons. The van der Waals surface area contributed by atoms with Gasteiger partial charge < -0.3 is 5.73 Å². The molecule has 0 spiro atoms. The van der Waals surface area contributed by atoms with E-state index in [2.05, 4.69) is 21.2 Å². The van der Waals surface area contributed by atoms with Gasteiger partial charge in [0.05, 0.1) is 33.6 Å². The average Bonchev–Trinajstić information content (AvgIpc) is 3.15. The smallest absolute Gasteiger partial charge is 0.272 e. The zero-order valence-corrected chi connectivity index (χ0v) is 17.1. The normalized spacial score (nSPS) is 12.6. The summed E-state index contributed by atoms with van der Waals surface area (Å²) in [6.07, 6.45) is 10.0. The molecule has 0 unspecified atom stereocenters. The number of rotatable bonds is 5. The maximum atomic E-state index is 12.6. The van der Waals surface area contributed by atoms with Crippen molar-refractivity contribution in [2.75, 3.05) is 0 Å². The first-order chi connectivity index (χ1) is 14.9. The lowest BCUT2D eigenvalue weighted by atomic mass is 9.99. The van der Waals surface area contributed by atoms with E-state index < -0.39 is 0 Å². The van der Waals surface area contributed by atoms with E-state index in [1.165, 1.54) is 6.08 Å². The van der Waals surface area contributed by atoms with Crippen molar-refractivity contribution < 1.29 is 4.39 Å². The predicted octanol–water partition coefficient (Wildman–Crippen LogP) is 3.30. The molecule has 0 aliphatic carbocycles. The molecule has 2 aromatic heterocycles. The van der Waals surface area contributed by atoms with Gasteiger partial charge in [-0.05, 0) is 29.8 Å². The minimum atomic E-state index is -0.321. The van der Waals surface area contributed by atoms with Gasteiger partial charge in [-0.25, -0.2) is 9.49 Å². The van der Waals surface area contributed by atoms with Crippen molar-refractivity contribution in [3.05, 3.63) is 74.7 Å². The van der Waals surface area contributed by atoms with Gasteiger partial charge in [-0.15, -0.1) is 6.42 Å². The van der Waals surface area contributed by atoms with E-state index in [1.807, 2.05) is 6.07 Å². The van der Waals surface area contributed by atoms with Gasteiger partial charge in [-0.3, -0.25) is 9.48 Å². The summed E-state index contributed by atoms with van der Waals surface area (Å²) in [5.41, 5.74) is 8.20. The second-order valence-corrected chi connectivity index (χ2v) is 6.83. The number of nitrogens with two attached hydrogens (primary N) is 1. The van der Waals surface area contributed by atoms with Crippen LogP contribution in [-0.2, 0) is 13.6 Å². The molecule has 0 amide bonds. The van der Waals surface area contributed by atoms with E-state index in [0.717, 1.165) is 5.56 Å². The highest BCUT2D eigenvalue weighted by atomic mass is 35.5. The maximum Gasteiger partial charge on any atom is 0.272 e. The van der Waals surface area contributed by atoms with Crippen LogP contribution in [0.25, 0.3) is 28.0 Å². The molecule has 3 N–H and O–H groups in total. The van der Waals surface area contributed by atoms with E-state index in [0.29, 0.717) is 27.7 Å². The van der Waals surface area contributed by atoms with Crippen molar-refractivity contribution in [3.63, 3.8) is 0 Å². The number of nitriles is 1. The minimum Gasteiger partial charge on any atom is -0.325 e. The molecule has 31 heavy (non-hydrogen) atoms. The fourth-order valence-electron chi connectivity index (χ4n) is 3.06. The Labute approximate surface area is 181 Å². The number of fused-ring (bicyclic) bond motifs is 1. The van der Waals surface area contributed by atoms with E-state index >= 15 is 0 Å². The van der Waals surface area contributed by atoms with Crippen molar-refractivity contribution in [2.24, 2.45) is 12.8 Å². The minimum absolute atomic E-state index is 0.105. The van der Waals surface area contributed by atoms with Gasteiger partial charge in [-0.2, -0.15) is 15.5 Å². The monoisotopic (exact) mass is 434 g/mol. The number of allylic oxidation sites excluding steroid dienone is 4. The molecule has 3 rings (SSSR count). The van der Waals surface area contributed by atoms with Gasteiger partial charge in [0.1, 0.15) is 12.4 Å². The molecule has 0 saturated carbocycles. The standard InChI is InChI=1S/C22H16ClFN6O/c1-3-13(6-16(23)9-24)15(10-25)8-21-19(12-27-30(21)2)14-4-5-17-18(7-14)20(11-26)28-29-22(17)31/h1,4-9,12H,11,26H2,2H3,(H,29,31)/b13-6-,15-8+,16-9-. The second-order valence-electron chi connectivity index (χ2n) is 6.40. The third-order valence-electron chi connectivity index (χ3n) is 4.59. The molecule has 2 heterocycles. The number of hydrogen-bond donors (Lipinski definition) is 2. The van der Waals surface area contributed by atoms with Crippen LogP contribution >= 0.6 is 11.6 Å². The molecule has 0 fully saturated rings. The molecule has 9 heteroatoms. The second kappa shape index (κ2) is 9.23. The Balaban J connectivity index is 2.21. The largest absolute Gasteiger partial charge is 0.325 e. The van der Waals surface area contributed by atoms with Crippen LogP contribution < -0.4 is 11.3 Å². The van der Waals surface area contributed by atoms with Gasteiger partial charge in [0, 0.05) is 30.1 Å². The fourth-order valence-corrected chi connectivity index (χ4v) is 3.17. The van der Waals surface area contributed by atoms with Crippen molar-refractivity contribution >= 4 is 28.4 Å². The summed E-state index contributed by atoms with van der Waals surface area (Å²) in [6, 6.07) is 7.24. The van der Waals surface area contributed by atoms with Crippen LogP contribution in [0.4, 0.5) is 4.39 Å². The Morgan fingerprint density at radius 2 is 2.19 bits per heavy atom. The number of benzene rings is 1. The van der Waals surface area contributed by atoms with E-state index in [1.54, 1.807) is 42.2 Å². The first-order valence-electron chi connectivity index (χ1n) is 8.93. The van der Waals surface area contributed by atoms with Crippen molar-refractivity contribution in [2.45, 2.75) is 6.54 Å². The summed E-state index contributed by atoms with van der Waals surface area (Å²) in [7, 11) is 1.71. The topological polar surface area (TPSA) is 113 Å². The molecule has 7 nitrogen and oxygen atoms in total. The van der Waals surface area contributed by atoms with E-state index in [9.17, 15) is 14.4 Å². The van der Waals surface area contributed by atoms with Crippen molar-refractivity contribution in [1.29, 1.82) is 5.26 Å². The molecule has 0 saturated heterocycles. The maximum absolute atomic E-state index is 12.6. The molecule has 3 aromatic rings. The number of aromatic nitrogens is 4. The Hall–Kier alpha value is -3.98. The lowest BCUT2D eigenvalue weighted by molar-refractivity contribution is 0.719. The van der Waals surface area contributed by atoms with Crippen LogP contribution in [0.2, 0.25) is 0 Å². The van der Waals surface area contributed by atoms with Crippen LogP contribution in [0.1, 0.15) is 11.4 Å². The van der Waals surface area contributed by atoms with Crippen molar-refractivity contribution in [1.82, 2.24) is 20.0 Å². The number of aromatic amines is 1. The van der Waals surface area contributed by atoms with Gasteiger partial charge in [0.15, 0.2) is 0 Å². The third-order valence-corrected chi connectivity index (χ3v) is 4.78. The molecule has 0 aliphatic heterocycles. The highest BCUT2D eigenvalue weighted by molar-refractivity contribution is 6.31. The molecular formula is C22H16ClFN6O. The van der Waals surface area contributed by atoms with Gasteiger partial charge >= 0.3 is 0 Å². The first-order valence-corrected chi connectivity index (χ1v) is 9.31. The number of nitrogens with zero attached hydrogens (tertiary/aromatic N) is 4. The Morgan fingerprint density at radius 1 is 1.42 bits per heavy atom. The van der Waals surface area contributed by atoms with Crippen LogP contribution in [0.15, 0.2) is 57.8 Å². The van der Waals surface area contributed by atoms with Crippen LogP contribution in [-0.4, -0.2) is 20.0 Å². The van der Waals surface area contributed by atoms with E-state index in [4.69, 9.17) is 23.8 Å². The number of nitrogens with one attached hydrogen (secondary N) is 1. The number of terminal acetylenes is 1. The number of H-pyrrole nitrogens is 1. The van der Waals surface area contributed by atoms with Crippen LogP contribution in [0, 0.1) is 23.7 Å². The summed E-state index contributed by atoms with van der Waals surface area (Å²) >= 11 is 5.69. The Morgan fingerprint density at radius 3 is 2.84 bits per heavy atom. The van der Waals surface area contributed by atoms with Crippen LogP contribution in [0.5, 0.6) is 0 Å². The predicted molar refractivity (Wildman–Crippen MR) is 118 cm³/mol. The third kappa shape index (κ3) is 4.31. The Kier molecular flexibility index (Phi) is 6.46. The lowest BCUT2D eigenvalue weighted by Gasteiger charge is -2.07. The molecule has 0 atom stereocenters. The zero-order valence-electron chi connectivity index (χ0n) is 16.4. The highest BCUT2D eigenvalue weighted by Crippen LogP contribution is 2.29. The Bertz CT molecular complexity index is 1400. The number of hydrogen-bond acceptors (Lipinski definition) is 5. The molecular weight excluding hydrogens is 419 g/mol. The lowest BCUT2D eigenvalue weighted by Crippen LogP contribution is -2.13. The van der Waals surface area contributed by atoms with Gasteiger partial charge in [0.25, 0.3) is 5.56 Å². The number of aryl methyl sites for hydroxylation is 1. The molecule has 0 radical (unpaired) electrons. The SMILES string of the molecule is C#CC(=C/C(Cl)=C/F)/C(C#N)=C/c1c(-c2ccc3c(=O)[nH]nc(CN)c3c2)cnn1C.